The molecule has 0 N–H and O–H groups in total. The topological polar surface area (TPSA) is 0 Å². The van der Waals surface area contributed by atoms with Crippen molar-refractivity contribution >= 4 is 22.8 Å². The standard InChI is InChI=1S/C22H35P.CH3.ClH.Pd/c1-3-18-15-19(4-2)17-22(16-18)23(20-11-7-5-8-12-20)21-13-9-6-10-14-21;;;/h15-17,20-21H,3-14H2,1-2H3;1H3;1H;/q;-1;;+2/p-1. The average Bonchev–Trinajstić information content (AvgIpc) is 2.71. The van der Waals surface area contributed by atoms with Gasteiger partial charge in [-0.3, -0.25) is 0 Å². The summed E-state index contributed by atoms with van der Waals surface area (Å²) in [6, 6.07) is 7.67. The van der Waals surface area contributed by atoms with Gasteiger partial charge in [0.05, 0.1) is 0 Å². The van der Waals surface area contributed by atoms with Crippen LogP contribution in [0.5, 0.6) is 0 Å². The van der Waals surface area contributed by atoms with Gasteiger partial charge in [-0.1, -0.05) is 78.5 Å². The molecule has 3 heteroatoms. The Morgan fingerprint density at radius 2 is 1.15 bits per heavy atom. The van der Waals surface area contributed by atoms with Crippen LogP contribution >= 0.6 is 17.5 Å². The van der Waals surface area contributed by atoms with Gasteiger partial charge in [0.15, 0.2) is 0 Å². The molecule has 26 heavy (non-hydrogen) atoms. The van der Waals surface area contributed by atoms with Crippen molar-refractivity contribution in [3.63, 3.8) is 0 Å². The average molecular weight is 487 g/mol. The second-order valence-corrected chi connectivity index (χ2v) is 10.5. The van der Waals surface area contributed by atoms with Gasteiger partial charge in [-0.05, 0) is 66.3 Å². The van der Waals surface area contributed by atoms with Gasteiger partial charge >= 0.3 is 27.7 Å². The van der Waals surface area contributed by atoms with E-state index in [0.717, 1.165) is 11.3 Å². The van der Waals surface area contributed by atoms with Crippen molar-refractivity contribution in [1.29, 1.82) is 0 Å². The van der Waals surface area contributed by atoms with Crippen LogP contribution in [0.25, 0.3) is 0 Å². The molecule has 0 atom stereocenters. The number of hydrogen-bond acceptors (Lipinski definition) is 0. The molecule has 2 saturated carbocycles. The molecule has 2 aliphatic rings. The SMILES string of the molecule is CCc1cc(CC)cc(P(C2CCCCC2)C2CCCCC2)c1.[CH3-].[Cl][Pd+]. The number of benzene rings is 1. The Labute approximate surface area is 179 Å². The first-order chi connectivity index (χ1) is 12.3. The summed E-state index contributed by atoms with van der Waals surface area (Å²) < 4.78 is 0. The fourth-order valence-corrected chi connectivity index (χ4v) is 8.65. The second kappa shape index (κ2) is 13.7. The van der Waals surface area contributed by atoms with Crippen LogP contribution in [0.3, 0.4) is 0 Å². The molecule has 0 aromatic heterocycles. The molecule has 0 nitrogen and oxygen atoms in total. The van der Waals surface area contributed by atoms with Crippen LogP contribution in [0.4, 0.5) is 0 Å². The van der Waals surface area contributed by atoms with E-state index in [0.29, 0.717) is 0 Å². The fourth-order valence-electron chi connectivity index (χ4n) is 4.74. The summed E-state index contributed by atoms with van der Waals surface area (Å²) in [5, 5.41) is 1.77. The quantitative estimate of drug-likeness (QED) is 0.227. The molecule has 0 spiro atoms. The van der Waals surface area contributed by atoms with Crippen LogP contribution in [0.2, 0.25) is 0 Å². The normalized spacial score (nSPS) is 18.8. The van der Waals surface area contributed by atoms with Gasteiger partial charge in [0.25, 0.3) is 0 Å². The molecule has 2 aliphatic carbocycles. The summed E-state index contributed by atoms with van der Waals surface area (Å²) in [7, 11) is 4.55. The summed E-state index contributed by atoms with van der Waals surface area (Å²) in [4.78, 5) is 0. The Bertz CT molecular complexity index is 453. The van der Waals surface area contributed by atoms with Crippen LogP contribution < -0.4 is 5.30 Å². The summed E-state index contributed by atoms with van der Waals surface area (Å²) in [5.74, 6) is 0. The van der Waals surface area contributed by atoms with Gasteiger partial charge in [-0.2, -0.15) is 0 Å². The van der Waals surface area contributed by atoms with Gasteiger partial charge in [0, 0.05) is 0 Å². The van der Waals surface area contributed by atoms with E-state index in [1.165, 1.54) is 77.0 Å². The Kier molecular flexibility index (Phi) is 13.0. The number of rotatable bonds is 5. The molecule has 3 rings (SSSR count). The van der Waals surface area contributed by atoms with Crippen molar-refractivity contribution < 1.29 is 18.2 Å². The van der Waals surface area contributed by atoms with Gasteiger partial charge in [-0.25, -0.2) is 0 Å². The molecule has 0 radical (unpaired) electrons. The van der Waals surface area contributed by atoms with Crippen LogP contribution in [0.1, 0.15) is 89.2 Å². The van der Waals surface area contributed by atoms with Crippen LogP contribution in [-0.4, -0.2) is 11.3 Å². The maximum absolute atomic E-state index is 4.49. The summed E-state index contributed by atoms with van der Waals surface area (Å²) in [5.41, 5.74) is 5.22. The Hall–Kier alpha value is 0.602. The minimum absolute atomic E-state index is 0. The van der Waals surface area contributed by atoms with E-state index in [1.807, 2.05) is 0 Å². The molecule has 0 amide bonds. The molecule has 0 aliphatic heterocycles. The molecule has 2 fully saturated rings. The van der Waals surface area contributed by atoms with E-state index >= 15 is 0 Å². The molecule has 1 aromatic rings. The first-order valence-electron chi connectivity index (χ1n) is 10.3. The second-order valence-electron chi connectivity index (χ2n) is 7.71. The van der Waals surface area contributed by atoms with Crippen molar-refractivity contribution in [2.24, 2.45) is 0 Å². The number of halogens is 1. The maximum atomic E-state index is 4.49. The Morgan fingerprint density at radius 3 is 1.50 bits per heavy atom. The van der Waals surface area contributed by atoms with E-state index < -0.39 is 0 Å². The van der Waals surface area contributed by atoms with Crippen molar-refractivity contribution in [2.75, 3.05) is 0 Å². The molecule has 0 bridgehead atoms. The van der Waals surface area contributed by atoms with Crippen molar-refractivity contribution in [2.45, 2.75) is 102 Å². The Balaban J connectivity index is 0.00000109. The van der Waals surface area contributed by atoms with Crippen LogP contribution in [0, 0.1) is 7.43 Å². The Morgan fingerprint density at radius 1 is 0.769 bits per heavy atom. The monoisotopic (exact) mass is 486 g/mol. The van der Waals surface area contributed by atoms with Crippen molar-refractivity contribution in [3.05, 3.63) is 36.8 Å². The minimum atomic E-state index is 0. The predicted molar refractivity (Wildman–Crippen MR) is 118 cm³/mol. The van der Waals surface area contributed by atoms with E-state index in [4.69, 9.17) is 0 Å². The van der Waals surface area contributed by atoms with E-state index in [-0.39, 0.29) is 15.3 Å². The summed E-state index contributed by atoms with van der Waals surface area (Å²) in [6.07, 6.45) is 17.4. The van der Waals surface area contributed by atoms with Gasteiger partial charge < -0.3 is 7.43 Å². The molecular formula is C23H38ClPPd. The predicted octanol–water partition coefficient (Wildman–Crippen LogP) is 7.72. The molecule has 1 aromatic carbocycles. The number of aryl methyl sites for hydroxylation is 2. The van der Waals surface area contributed by atoms with Gasteiger partial charge in [-0.15, -0.1) is 0 Å². The molecule has 0 heterocycles. The van der Waals surface area contributed by atoms with Crippen LogP contribution in [-0.2, 0) is 31.0 Å². The molecule has 0 saturated heterocycles. The van der Waals surface area contributed by atoms with E-state index in [2.05, 4.69) is 59.8 Å². The first kappa shape index (κ1) is 24.6. The van der Waals surface area contributed by atoms with Crippen LogP contribution in [0.15, 0.2) is 18.2 Å². The van der Waals surface area contributed by atoms with E-state index in [9.17, 15) is 0 Å². The molecule has 0 unspecified atom stereocenters. The third kappa shape index (κ3) is 6.89. The zero-order valence-electron chi connectivity index (χ0n) is 17.0. The number of hydrogen-bond donors (Lipinski definition) is 0. The fraction of sp³-hybridized carbons (Fsp3) is 0.696. The van der Waals surface area contributed by atoms with Gasteiger partial charge in [0.2, 0.25) is 0 Å². The summed E-state index contributed by atoms with van der Waals surface area (Å²) in [6.45, 7) is 4.64. The zero-order valence-corrected chi connectivity index (χ0v) is 20.2. The van der Waals surface area contributed by atoms with Crippen molar-refractivity contribution in [3.8, 4) is 0 Å². The zero-order chi connectivity index (χ0) is 18.1. The molecule has 152 valence electrons. The first-order valence-corrected chi connectivity index (χ1v) is 13.8. The van der Waals surface area contributed by atoms with Crippen molar-refractivity contribution in [1.82, 2.24) is 0 Å². The third-order valence-electron chi connectivity index (χ3n) is 6.09. The third-order valence-corrected chi connectivity index (χ3v) is 9.55. The summed E-state index contributed by atoms with van der Waals surface area (Å²) >= 11 is 2.22. The molecular weight excluding hydrogens is 449 g/mol. The van der Waals surface area contributed by atoms with E-state index in [1.54, 1.807) is 16.4 Å². The van der Waals surface area contributed by atoms with Gasteiger partial charge in [0.1, 0.15) is 0 Å².